The van der Waals surface area contributed by atoms with Gasteiger partial charge in [0, 0.05) is 36.4 Å². The number of hydrogen-bond donors (Lipinski definition) is 2. The summed E-state index contributed by atoms with van der Waals surface area (Å²) in [5.41, 5.74) is 0.535. The van der Waals surface area contributed by atoms with Gasteiger partial charge in [-0.1, -0.05) is 86.8 Å². The SMILES string of the molecule is C[C@H]1[C@H](C)CCC[C@@H]1NC(=O)[C@@H]1N(CCN(C)Cc2ccccc2)C(=O)[C@H]2[C@H](C(=O)Nc3cccc(Cl)c3)[C@H]3C=C[C@@]12O3. The third kappa shape index (κ3) is 5.61. The quantitative estimate of drug-likeness (QED) is 0.411. The summed E-state index contributed by atoms with van der Waals surface area (Å²) in [7, 11) is 2.01. The maximum absolute atomic E-state index is 14.3. The Balaban J connectivity index is 1.26. The van der Waals surface area contributed by atoms with E-state index in [0.717, 1.165) is 25.8 Å². The smallest absolute Gasteiger partial charge is 0.246 e. The van der Waals surface area contributed by atoms with Crippen molar-refractivity contribution in [2.45, 2.75) is 63.4 Å². The summed E-state index contributed by atoms with van der Waals surface area (Å²) >= 11 is 6.15. The van der Waals surface area contributed by atoms with Crippen molar-refractivity contribution in [3.05, 3.63) is 77.3 Å². The summed E-state index contributed by atoms with van der Waals surface area (Å²) in [5.74, 6) is -1.43. The number of anilines is 1. The minimum absolute atomic E-state index is 0.0360. The summed E-state index contributed by atoms with van der Waals surface area (Å²) in [6.45, 7) is 6.06. The third-order valence-electron chi connectivity index (χ3n) is 10.1. The Kier molecular flexibility index (Phi) is 8.37. The van der Waals surface area contributed by atoms with Gasteiger partial charge in [-0.05, 0) is 49.1 Å². The van der Waals surface area contributed by atoms with Gasteiger partial charge in [0.15, 0.2) is 0 Å². The molecule has 3 amide bonds. The van der Waals surface area contributed by atoms with Crippen molar-refractivity contribution >= 4 is 35.0 Å². The number of carbonyl (C=O) groups is 3. The lowest BCUT2D eigenvalue weighted by molar-refractivity contribution is -0.141. The topological polar surface area (TPSA) is 91.0 Å². The van der Waals surface area contributed by atoms with E-state index in [0.29, 0.717) is 35.6 Å². The first kappa shape index (κ1) is 29.9. The number of carbonyl (C=O) groups excluding carboxylic acids is 3. The average Bonchev–Trinajstić information content (AvgIpc) is 3.62. The average molecular weight is 605 g/mol. The van der Waals surface area contributed by atoms with Crippen LogP contribution in [-0.4, -0.2) is 71.4 Å². The lowest BCUT2D eigenvalue weighted by Crippen LogP contribution is -2.58. The second kappa shape index (κ2) is 12.1. The molecule has 228 valence electrons. The fraction of sp³-hybridized carbons (Fsp3) is 0.500. The van der Waals surface area contributed by atoms with Crippen LogP contribution in [0.25, 0.3) is 0 Å². The third-order valence-corrected chi connectivity index (χ3v) is 10.3. The molecule has 3 aliphatic heterocycles. The van der Waals surface area contributed by atoms with Crippen molar-refractivity contribution in [2.24, 2.45) is 23.7 Å². The summed E-state index contributed by atoms with van der Waals surface area (Å²) in [4.78, 5) is 46.1. The maximum Gasteiger partial charge on any atom is 0.246 e. The van der Waals surface area contributed by atoms with E-state index in [1.54, 1.807) is 29.2 Å². The van der Waals surface area contributed by atoms with Gasteiger partial charge in [0.05, 0.1) is 17.9 Å². The minimum atomic E-state index is -1.19. The number of fused-ring (bicyclic) bond motifs is 1. The van der Waals surface area contributed by atoms with Crippen molar-refractivity contribution in [2.75, 3.05) is 25.5 Å². The first-order chi connectivity index (χ1) is 20.7. The number of amides is 3. The van der Waals surface area contributed by atoms with Crippen LogP contribution in [0.4, 0.5) is 5.69 Å². The Bertz CT molecular complexity index is 1400. The van der Waals surface area contributed by atoms with Crippen LogP contribution >= 0.6 is 11.6 Å². The van der Waals surface area contributed by atoms with E-state index >= 15 is 0 Å². The highest BCUT2D eigenvalue weighted by Crippen LogP contribution is 2.55. The predicted molar refractivity (Wildman–Crippen MR) is 166 cm³/mol. The zero-order valence-electron chi connectivity index (χ0n) is 25.0. The molecule has 43 heavy (non-hydrogen) atoms. The van der Waals surface area contributed by atoms with E-state index in [1.165, 1.54) is 5.56 Å². The lowest BCUT2D eigenvalue weighted by Gasteiger charge is -2.38. The van der Waals surface area contributed by atoms with E-state index in [1.807, 2.05) is 37.4 Å². The number of rotatable bonds is 9. The second-order valence-electron chi connectivity index (χ2n) is 12.8. The summed E-state index contributed by atoms with van der Waals surface area (Å²) < 4.78 is 6.52. The van der Waals surface area contributed by atoms with Gasteiger partial charge in [-0.2, -0.15) is 0 Å². The standard InChI is InChI=1S/C34H41ClN4O4/c1-21-9-7-14-26(22(21)2)37-32(41)30-34-16-15-27(43-34)28(31(40)36-25-13-8-12-24(35)19-25)29(34)33(42)39(30)18-17-38(3)20-23-10-5-4-6-11-23/h4-6,8,10-13,15-16,19,21-22,26-30H,7,9,14,17-18,20H2,1-3H3,(H,36,40)(H,37,41)/t21-,22+,26+,27-,28-,29-,30+,34+/m1/s1. The highest BCUT2D eigenvalue weighted by atomic mass is 35.5. The molecule has 1 aliphatic carbocycles. The summed E-state index contributed by atoms with van der Waals surface area (Å²) in [5, 5.41) is 6.76. The van der Waals surface area contributed by atoms with Crippen LogP contribution < -0.4 is 10.6 Å². The Morgan fingerprint density at radius 1 is 1.09 bits per heavy atom. The van der Waals surface area contributed by atoms with Gasteiger partial charge in [-0.15, -0.1) is 0 Å². The zero-order valence-corrected chi connectivity index (χ0v) is 25.8. The van der Waals surface area contributed by atoms with Crippen molar-refractivity contribution < 1.29 is 19.1 Å². The van der Waals surface area contributed by atoms with Crippen LogP contribution in [0, 0.1) is 23.7 Å². The Labute approximate surface area is 258 Å². The molecule has 8 atom stereocenters. The molecule has 2 saturated heterocycles. The number of likely N-dealkylation sites (tertiary alicyclic amines) is 1. The molecular weight excluding hydrogens is 564 g/mol. The first-order valence-corrected chi connectivity index (χ1v) is 15.8. The maximum atomic E-state index is 14.3. The number of nitrogens with one attached hydrogen (secondary N) is 2. The molecule has 8 nitrogen and oxygen atoms in total. The molecule has 9 heteroatoms. The normalized spacial score (nSPS) is 32.7. The molecule has 6 rings (SSSR count). The van der Waals surface area contributed by atoms with Crippen LogP contribution in [-0.2, 0) is 25.7 Å². The summed E-state index contributed by atoms with van der Waals surface area (Å²) in [6, 6.07) is 16.3. The Morgan fingerprint density at radius 2 is 1.88 bits per heavy atom. The van der Waals surface area contributed by atoms with Crippen molar-refractivity contribution in [3.8, 4) is 0 Å². The molecule has 2 N–H and O–H groups in total. The van der Waals surface area contributed by atoms with Crippen molar-refractivity contribution in [1.82, 2.24) is 15.1 Å². The number of ether oxygens (including phenoxy) is 1. The molecule has 3 fully saturated rings. The number of benzene rings is 2. The highest BCUT2D eigenvalue weighted by Gasteiger charge is 2.72. The van der Waals surface area contributed by atoms with Crippen molar-refractivity contribution in [3.63, 3.8) is 0 Å². The molecule has 1 saturated carbocycles. The van der Waals surface area contributed by atoms with Crippen LogP contribution in [0.2, 0.25) is 5.02 Å². The van der Waals surface area contributed by atoms with Gasteiger partial charge in [-0.25, -0.2) is 0 Å². The zero-order chi connectivity index (χ0) is 30.3. The van der Waals surface area contributed by atoms with Crippen LogP contribution in [0.1, 0.15) is 38.7 Å². The fourth-order valence-corrected chi connectivity index (χ4v) is 7.79. The van der Waals surface area contributed by atoms with Gasteiger partial charge in [0.1, 0.15) is 11.6 Å². The van der Waals surface area contributed by atoms with Crippen LogP contribution in [0.15, 0.2) is 66.7 Å². The number of likely N-dealkylation sites (N-methyl/N-ethyl adjacent to an activating group) is 1. The van der Waals surface area contributed by atoms with E-state index < -0.39 is 29.6 Å². The molecule has 2 bridgehead atoms. The molecule has 0 unspecified atom stereocenters. The largest absolute Gasteiger partial charge is 0.359 e. The molecule has 1 spiro atoms. The molecule has 0 radical (unpaired) electrons. The van der Waals surface area contributed by atoms with Gasteiger partial charge < -0.3 is 25.2 Å². The van der Waals surface area contributed by atoms with Crippen LogP contribution in [0.3, 0.4) is 0 Å². The van der Waals surface area contributed by atoms with Gasteiger partial charge in [-0.3, -0.25) is 14.4 Å². The monoisotopic (exact) mass is 604 g/mol. The second-order valence-corrected chi connectivity index (χ2v) is 13.3. The van der Waals surface area contributed by atoms with Crippen molar-refractivity contribution in [1.29, 1.82) is 0 Å². The molecule has 2 aromatic carbocycles. The molecular formula is C34H41ClN4O4. The molecule has 0 aromatic heterocycles. The minimum Gasteiger partial charge on any atom is -0.359 e. The molecule has 3 heterocycles. The van der Waals surface area contributed by atoms with E-state index in [4.69, 9.17) is 16.3 Å². The van der Waals surface area contributed by atoms with Crippen LogP contribution in [0.5, 0.6) is 0 Å². The van der Waals surface area contributed by atoms with Gasteiger partial charge in [0.2, 0.25) is 17.7 Å². The highest BCUT2D eigenvalue weighted by molar-refractivity contribution is 6.30. The van der Waals surface area contributed by atoms with E-state index in [-0.39, 0.29) is 23.8 Å². The Morgan fingerprint density at radius 3 is 2.65 bits per heavy atom. The lowest BCUT2D eigenvalue weighted by atomic mass is 9.73. The van der Waals surface area contributed by atoms with Gasteiger partial charge in [0.25, 0.3) is 0 Å². The van der Waals surface area contributed by atoms with Gasteiger partial charge >= 0.3 is 0 Å². The fourth-order valence-electron chi connectivity index (χ4n) is 7.60. The summed E-state index contributed by atoms with van der Waals surface area (Å²) in [6.07, 6.45) is 6.26. The molecule has 2 aromatic rings. The first-order valence-electron chi connectivity index (χ1n) is 15.4. The Hall–Kier alpha value is -3.20. The number of halogens is 1. The molecule has 4 aliphatic rings. The predicted octanol–water partition coefficient (Wildman–Crippen LogP) is 4.50. The van der Waals surface area contributed by atoms with E-state index in [9.17, 15) is 14.4 Å². The number of nitrogens with zero attached hydrogens (tertiary/aromatic N) is 2. The number of hydrogen-bond acceptors (Lipinski definition) is 5. The van der Waals surface area contributed by atoms with E-state index in [2.05, 4.69) is 41.5 Å².